The number of halogens is 3. The molecular weight excluding hydrogens is 492 g/mol. The summed E-state index contributed by atoms with van der Waals surface area (Å²) in [5.41, 5.74) is 0.761. The van der Waals surface area contributed by atoms with Crippen LogP contribution in [0.4, 0.5) is 9.52 Å². The summed E-state index contributed by atoms with van der Waals surface area (Å²) >= 11 is 13.2. The SMILES string of the molecule is Cc1[nH]c(C(=O)N[C@@H]2CCN(c3nc(-c4ncccc4F)c(C(=O)O)s3)C[C@@H]2C)c(Cl)c1Cl. The van der Waals surface area contributed by atoms with Gasteiger partial charge in [-0.1, -0.05) is 41.5 Å². The van der Waals surface area contributed by atoms with Gasteiger partial charge in [0.2, 0.25) is 0 Å². The molecule has 1 aliphatic rings. The van der Waals surface area contributed by atoms with E-state index in [0.29, 0.717) is 35.4 Å². The number of carbonyl (C=O) groups excluding carboxylic acids is 1. The Morgan fingerprint density at radius 3 is 2.70 bits per heavy atom. The van der Waals surface area contributed by atoms with Gasteiger partial charge >= 0.3 is 5.97 Å². The quantitative estimate of drug-likeness (QED) is 0.460. The molecule has 3 aromatic rings. The zero-order chi connectivity index (χ0) is 23.9. The van der Waals surface area contributed by atoms with E-state index in [9.17, 15) is 19.1 Å². The minimum Gasteiger partial charge on any atom is -0.477 e. The highest BCUT2D eigenvalue weighted by atomic mass is 35.5. The minimum absolute atomic E-state index is 0.0114. The number of aryl methyl sites for hydroxylation is 1. The average molecular weight is 512 g/mol. The number of carboxylic acids is 1. The van der Waals surface area contributed by atoms with Crippen molar-refractivity contribution in [3.05, 3.63) is 50.5 Å². The van der Waals surface area contributed by atoms with Crippen LogP contribution in [0.5, 0.6) is 0 Å². The molecule has 12 heteroatoms. The Morgan fingerprint density at radius 2 is 2.09 bits per heavy atom. The fourth-order valence-corrected chi connectivity index (χ4v) is 5.17. The van der Waals surface area contributed by atoms with E-state index < -0.39 is 11.8 Å². The van der Waals surface area contributed by atoms with E-state index in [-0.39, 0.29) is 44.8 Å². The Bertz CT molecular complexity index is 1230. The highest BCUT2D eigenvalue weighted by Crippen LogP contribution is 2.35. The number of amides is 1. The Hall–Kier alpha value is -2.69. The molecule has 174 valence electrons. The maximum Gasteiger partial charge on any atom is 0.348 e. The first-order valence-corrected chi connectivity index (χ1v) is 11.7. The summed E-state index contributed by atoms with van der Waals surface area (Å²) in [6.45, 7) is 4.78. The Kier molecular flexibility index (Phi) is 6.60. The molecule has 0 bridgehead atoms. The average Bonchev–Trinajstić information content (AvgIpc) is 3.33. The third-order valence-corrected chi connectivity index (χ3v) is 7.62. The van der Waals surface area contributed by atoms with Crippen molar-refractivity contribution in [3.8, 4) is 11.4 Å². The van der Waals surface area contributed by atoms with Crippen molar-refractivity contribution in [2.75, 3.05) is 18.0 Å². The van der Waals surface area contributed by atoms with E-state index in [1.165, 1.54) is 18.3 Å². The van der Waals surface area contributed by atoms with Crippen LogP contribution in [0.15, 0.2) is 18.3 Å². The number of carbonyl (C=O) groups is 2. The van der Waals surface area contributed by atoms with Gasteiger partial charge in [-0.3, -0.25) is 9.78 Å². The number of rotatable bonds is 5. The van der Waals surface area contributed by atoms with E-state index in [0.717, 1.165) is 11.3 Å². The number of nitrogens with one attached hydrogen (secondary N) is 2. The van der Waals surface area contributed by atoms with Crippen molar-refractivity contribution < 1.29 is 19.1 Å². The zero-order valence-corrected chi connectivity index (χ0v) is 20.0. The van der Waals surface area contributed by atoms with Crippen molar-refractivity contribution in [2.45, 2.75) is 26.3 Å². The van der Waals surface area contributed by atoms with Gasteiger partial charge in [0.05, 0.1) is 10.0 Å². The van der Waals surface area contributed by atoms with Gasteiger partial charge in [0.25, 0.3) is 5.91 Å². The van der Waals surface area contributed by atoms with Crippen LogP contribution >= 0.6 is 34.5 Å². The van der Waals surface area contributed by atoms with Gasteiger partial charge < -0.3 is 20.3 Å². The molecule has 0 aromatic carbocycles. The lowest BCUT2D eigenvalue weighted by Gasteiger charge is -2.37. The topological polar surface area (TPSA) is 111 Å². The first-order valence-electron chi connectivity index (χ1n) is 10.1. The van der Waals surface area contributed by atoms with E-state index in [4.69, 9.17) is 23.2 Å². The number of carboxylic acid groups (broad SMARTS) is 1. The number of H-pyrrole nitrogens is 1. The molecule has 1 amide bonds. The van der Waals surface area contributed by atoms with Gasteiger partial charge in [0, 0.05) is 31.0 Å². The number of anilines is 1. The first-order chi connectivity index (χ1) is 15.7. The standard InChI is InChI=1S/C21H20Cl2FN5O3S/c1-9-8-29(7-5-12(9)27-19(30)16-14(23)13(22)10(2)26-16)21-28-17(18(33-21)20(31)32)15-11(24)4-3-6-25-15/h3-4,6,9,12,26H,5,7-8H2,1-2H3,(H,27,30)(H,31,32)/t9-,12+/m0/s1. The van der Waals surface area contributed by atoms with Crippen LogP contribution in [0, 0.1) is 18.7 Å². The summed E-state index contributed by atoms with van der Waals surface area (Å²) in [5.74, 6) is -2.13. The summed E-state index contributed by atoms with van der Waals surface area (Å²) in [4.78, 5) is 37.6. The number of pyridine rings is 1. The largest absolute Gasteiger partial charge is 0.477 e. The van der Waals surface area contributed by atoms with Gasteiger partial charge in [0.15, 0.2) is 10.9 Å². The predicted molar refractivity (Wildman–Crippen MR) is 125 cm³/mol. The molecule has 2 atom stereocenters. The van der Waals surface area contributed by atoms with Gasteiger partial charge in [0.1, 0.15) is 22.0 Å². The molecule has 8 nitrogen and oxygen atoms in total. The normalized spacial score (nSPS) is 18.4. The third kappa shape index (κ3) is 4.55. The fraction of sp³-hybridized carbons (Fsp3) is 0.333. The van der Waals surface area contributed by atoms with Gasteiger partial charge in [-0.05, 0) is 31.4 Å². The summed E-state index contributed by atoms with van der Waals surface area (Å²) < 4.78 is 14.2. The number of hydrogen-bond acceptors (Lipinski definition) is 6. The third-order valence-electron chi connectivity index (χ3n) is 5.57. The van der Waals surface area contributed by atoms with Gasteiger partial charge in [-0.2, -0.15) is 0 Å². The summed E-state index contributed by atoms with van der Waals surface area (Å²) in [6.07, 6.45) is 2.00. The Morgan fingerprint density at radius 1 is 1.33 bits per heavy atom. The molecule has 1 saturated heterocycles. The summed E-state index contributed by atoms with van der Waals surface area (Å²) in [5, 5.41) is 13.6. The molecule has 33 heavy (non-hydrogen) atoms. The molecule has 1 aliphatic heterocycles. The Balaban J connectivity index is 1.50. The van der Waals surface area contributed by atoms with Crippen molar-refractivity contribution in [3.63, 3.8) is 0 Å². The minimum atomic E-state index is -1.19. The fourth-order valence-electron chi connectivity index (χ4n) is 3.81. The number of piperidine rings is 1. The summed E-state index contributed by atoms with van der Waals surface area (Å²) in [7, 11) is 0. The van der Waals surface area contributed by atoms with Crippen LogP contribution in [-0.2, 0) is 0 Å². The van der Waals surface area contributed by atoms with E-state index in [2.05, 4.69) is 20.3 Å². The van der Waals surface area contributed by atoms with Crippen molar-refractivity contribution >= 4 is 51.5 Å². The second kappa shape index (κ2) is 9.28. The highest BCUT2D eigenvalue weighted by Gasteiger charge is 2.32. The van der Waals surface area contributed by atoms with Crippen molar-refractivity contribution in [1.29, 1.82) is 0 Å². The second-order valence-corrected chi connectivity index (χ2v) is 9.59. The number of nitrogens with zero attached hydrogens (tertiary/aromatic N) is 3. The van der Waals surface area contributed by atoms with Crippen LogP contribution < -0.4 is 10.2 Å². The Labute approximate surface area is 202 Å². The number of aromatic amines is 1. The molecule has 0 radical (unpaired) electrons. The summed E-state index contributed by atoms with van der Waals surface area (Å²) in [6, 6.07) is 2.52. The lowest BCUT2D eigenvalue weighted by Crippen LogP contribution is -2.50. The number of aromatic nitrogens is 3. The molecular formula is C21H20Cl2FN5O3S. The van der Waals surface area contributed by atoms with Crippen molar-refractivity contribution in [1.82, 2.24) is 20.3 Å². The molecule has 1 fully saturated rings. The van der Waals surface area contributed by atoms with Gasteiger partial charge in [-0.25, -0.2) is 14.2 Å². The monoisotopic (exact) mass is 511 g/mol. The number of thiazole rings is 1. The lowest BCUT2D eigenvalue weighted by molar-refractivity contribution is 0.0702. The number of hydrogen-bond donors (Lipinski definition) is 3. The predicted octanol–water partition coefficient (Wildman–Crippen LogP) is 4.63. The maximum atomic E-state index is 14.2. The molecule has 3 N–H and O–H groups in total. The molecule has 4 rings (SSSR count). The van der Waals surface area contributed by atoms with Crippen molar-refractivity contribution in [2.24, 2.45) is 5.92 Å². The van der Waals surface area contributed by atoms with Crippen LogP contribution in [0.25, 0.3) is 11.4 Å². The van der Waals surface area contributed by atoms with Crippen LogP contribution in [-0.4, -0.2) is 51.1 Å². The van der Waals surface area contributed by atoms with E-state index >= 15 is 0 Å². The molecule has 0 spiro atoms. The first kappa shape index (κ1) is 23.5. The van der Waals surface area contributed by atoms with Gasteiger partial charge in [-0.15, -0.1) is 0 Å². The van der Waals surface area contributed by atoms with Crippen LogP contribution in [0.3, 0.4) is 0 Å². The van der Waals surface area contributed by atoms with E-state index in [1.54, 1.807) is 6.92 Å². The maximum absolute atomic E-state index is 14.2. The van der Waals surface area contributed by atoms with Crippen LogP contribution in [0.1, 0.15) is 39.2 Å². The van der Waals surface area contributed by atoms with Crippen LogP contribution in [0.2, 0.25) is 10.0 Å². The zero-order valence-electron chi connectivity index (χ0n) is 17.7. The molecule has 4 heterocycles. The molecule has 0 aliphatic carbocycles. The number of aromatic carboxylic acids is 1. The highest BCUT2D eigenvalue weighted by molar-refractivity contribution is 7.17. The van der Waals surface area contributed by atoms with E-state index in [1.807, 2.05) is 11.8 Å². The smallest absolute Gasteiger partial charge is 0.348 e. The second-order valence-electron chi connectivity index (χ2n) is 7.86. The molecule has 0 unspecified atom stereocenters. The molecule has 3 aromatic heterocycles. The lowest BCUT2D eigenvalue weighted by atomic mass is 9.94. The molecule has 0 saturated carbocycles.